The van der Waals surface area contributed by atoms with Gasteiger partial charge in [-0.3, -0.25) is 14.4 Å². The van der Waals surface area contributed by atoms with Gasteiger partial charge in [-0.15, -0.1) is 0 Å². The number of hydrogen-bond acceptors (Lipinski definition) is 9. The number of carboxylic acid groups (broad SMARTS) is 1. The summed E-state index contributed by atoms with van der Waals surface area (Å²) in [6.07, 6.45) is 0.559. The van der Waals surface area contributed by atoms with Gasteiger partial charge >= 0.3 is 12.2 Å². The molecule has 5 unspecified atom stereocenters. The Kier molecular flexibility index (Phi) is 7.88. The number of anilines is 2. The smallest absolute Gasteiger partial charge is 0.412 e. The summed E-state index contributed by atoms with van der Waals surface area (Å²) < 4.78 is 58.0. The quantitative estimate of drug-likeness (QED) is 0.235. The molecule has 3 aliphatic heterocycles. The first-order valence-electron chi connectivity index (χ1n) is 16.1. The highest BCUT2D eigenvalue weighted by atomic mass is 32.2. The van der Waals surface area contributed by atoms with Crippen molar-refractivity contribution in [2.24, 2.45) is 0 Å². The number of fused-ring (bicyclic) bond motifs is 6. The van der Waals surface area contributed by atoms with Crippen LogP contribution in [0.4, 0.5) is 29.9 Å². The lowest BCUT2D eigenvalue weighted by Crippen LogP contribution is -2.64. The highest BCUT2D eigenvalue weighted by Gasteiger charge is 2.53. The van der Waals surface area contributed by atoms with Crippen LogP contribution < -0.4 is 15.0 Å². The Morgan fingerprint density at radius 3 is 2.57 bits per heavy atom. The van der Waals surface area contributed by atoms with Gasteiger partial charge in [-0.2, -0.15) is 0 Å². The first-order chi connectivity index (χ1) is 23.2. The SMILES string of the molecule is CCc1cccc2c(F)c(NC(=O)OC(C)(C)C)cc(-c3nc4c5c(nc(S(C)=O)nc5c3F)N3CC5CCC(C3C(C)O4)N5C(=O)O)c12. The van der Waals surface area contributed by atoms with E-state index < -0.39 is 58.4 Å². The Balaban J connectivity index is 1.49. The highest BCUT2D eigenvalue weighted by molar-refractivity contribution is 7.84. The van der Waals surface area contributed by atoms with Crippen LogP contribution in [0.3, 0.4) is 0 Å². The Morgan fingerprint density at radius 1 is 1.14 bits per heavy atom. The average Bonchev–Trinajstić information content (AvgIpc) is 3.29. The number of nitrogens with zero attached hydrogens (tertiary/aromatic N) is 5. The number of rotatable bonds is 4. The lowest BCUT2D eigenvalue weighted by molar-refractivity contribution is 0.0633. The van der Waals surface area contributed by atoms with Crippen LogP contribution in [0.25, 0.3) is 32.9 Å². The largest absolute Gasteiger partial charge is 0.472 e. The second kappa shape index (κ2) is 11.7. The molecular formula is C34H36F2N6O6S. The molecule has 2 aromatic carbocycles. The maximum Gasteiger partial charge on any atom is 0.412 e. The predicted molar refractivity (Wildman–Crippen MR) is 180 cm³/mol. The summed E-state index contributed by atoms with van der Waals surface area (Å²) in [5, 5.41) is 13.1. The third kappa shape index (κ3) is 5.38. The van der Waals surface area contributed by atoms with Crippen molar-refractivity contribution in [3.8, 4) is 17.1 Å². The van der Waals surface area contributed by atoms with Gasteiger partial charge in [0.1, 0.15) is 34.1 Å². The Labute approximate surface area is 283 Å². The normalized spacial score (nSPS) is 22.0. The van der Waals surface area contributed by atoms with Crippen LogP contribution in [0.5, 0.6) is 5.88 Å². The molecule has 2 N–H and O–H groups in total. The highest BCUT2D eigenvalue weighted by Crippen LogP contribution is 2.47. The van der Waals surface area contributed by atoms with Gasteiger partial charge in [-0.05, 0) is 64.0 Å². The van der Waals surface area contributed by atoms with E-state index in [0.717, 1.165) is 0 Å². The number of amides is 2. The van der Waals surface area contributed by atoms with E-state index >= 15 is 8.78 Å². The van der Waals surface area contributed by atoms with Crippen LogP contribution in [-0.2, 0) is 22.0 Å². The molecule has 2 bridgehead atoms. The molecule has 2 aromatic heterocycles. The zero-order chi connectivity index (χ0) is 35.1. The minimum atomic E-state index is -1.72. The van der Waals surface area contributed by atoms with Gasteiger partial charge in [0.05, 0.1) is 34.6 Å². The summed E-state index contributed by atoms with van der Waals surface area (Å²) >= 11 is 0. The topological polar surface area (TPSA) is 147 Å². The number of piperazine rings is 1. The van der Waals surface area contributed by atoms with Crippen LogP contribution in [0.2, 0.25) is 0 Å². The van der Waals surface area contributed by atoms with Gasteiger partial charge in [-0.25, -0.2) is 33.3 Å². The number of nitrogens with one attached hydrogen (secondary N) is 1. The molecule has 2 fully saturated rings. The van der Waals surface area contributed by atoms with Crippen LogP contribution in [0.1, 0.15) is 53.0 Å². The van der Waals surface area contributed by atoms with E-state index in [2.05, 4.69) is 15.3 Å². The van der Waals surface area contributed by atoms with Gasteiger partial charge in [-0.1, -0.05) is 25.1 Å². The van der Waals surface area contributed by atoms with Gasteiger partial charge < -0.3 is 19.5 Å². The van der Waals surface area contributed by atoms with Crippen LogP contribution in [0, 0.1) is 11.6 Å². The van der Waals surface area contributed by atoms with E-state index in [-0.39, 0.29) is 62.7 Å². The van der Waals surface area contributed by atoms with Crippen molar-refractivity contribution < 1.29 is 37.2 Å². The third-order valence-electron chi connectivity index (χ3n) is 9.40. The molecule has 3 aliphatic rings. The molecule has 7 rings (SSSR count). The number of hydrogen-bond donors (Lipinski definition) is 2. The molecule has 0 radical (unpaired) electrons. The van der Waals surface area contributed by atoms with E-state index in [1.165, 1.54) is 17.2 Å². The monoisotopic (exact) mass is 694 g/mol. The fourth-order valence-corrected chi connectivity index (χ4v) is 7.97. The number of halogens is 2. The molecule has 2 amide bonds. The lowest BCUT2D eigenvalue weighted by atomic mass is 9.94. The number of carbonyl (C=O) groups is 2. The number of ether oxygens (including phenoxy) is 2. The van der Waals surface area contributed by atoms with E-state index in [4.69, 9.17) is 14.5 Å². The third-order valence-corrected chi connectivity index (χ3v) is 10.1. The fourth-order valence-electron chi connectivity index (χ4n) is 7.54. The molecule has 5 atom stereocenters. The van der Waals surface area contributed by atoms with E-state index in [1.807, 2.05) is 11.8 Å². The fraction of sp³-hybridized carbons (Fsp3) is 0.441. The standard InChI is InChI=1S/C34H36F2N6O6S/c1-7-16-9-8-10-18-22(16)19(13-20(24(18)35)37-32(43)48-34(3,4)5)26-25(36)27-23-29(40-31(39-27)49(6)46)41-14-17-11-12-21(42(17)33(44)45)28(41)15(2)47-30(23)38-26/h8-10,13,15,17,21,28H,7,11-12,14H2,1-6H3,(H,37,43)(H,44,45). The summed E-state index contributed by atoms with van der Waals surface area (Å²) in [4.78, 5) is 42.3. The van der Waals surface area contributed by atoms with Crippen molar-refractivity contribution in [2.75, 3.05) is 23.0 Å². The van der Waals surface area contributed by atoms with Crippen molar-refractivity contribution in [1.82, 2.24) is 19.9 Å². The molecule has 4 aromatic rings. The predicted octanol–water partition coefficient (Wildman–Crippen LogP) is 6.25. The van der Waals surface area contributed by atoms with Gasteiger partial charge in [0.15, 0.2) is 11.6 Å². The Bertz CT molecular complexity index is 2090. The van der Waals surface area contributed by atoms with E-state index in [9.17, 15) is 18.9 Å². The van der Waals surface area contributed by atoms with Crippen molar-refractivity contribution >= 4 is 56.2 Å². The van der Waals surface area contributed by atoms with Crippen LogP contribution in [0.15, 0.2) is 29.4 Å². The molecule has 49 heavy (non-hydrogen) atoms. The molecule has 15 heteroatoms. The van der Waals surface area contributed by atoms with Gasteiger partial charge in [0, 0.05) is 23.8 Å². The zero-order valence-electron chi connectivity index (χ0n) is 27.8. The maximum atomic E-state index is 17.2. The summed E-state index contributed by atoms with van der Waals surface area (Å²) in [6.45, 7) is 8.99. The summed E-state index contributed by atoms with van der Waals surface area (Å²) in [6, 6.07) is 5.09. The molecule has 5 heterocycles. The van der Waals surface area contributed by atoms with Crippen molar-refractivity contribution in [1.29, 1.82) is 0 Å². The number of benzene rings is 2. The van der Waals surface area contributed by atoms with Crippen LogP contribution >= 0.6 is 0 Å². The molecule has 12 nitrogen and oxygen atoms in total. The van der Waals surface area contributed by atoms with Crippen molar-refractivity contribution in [3.05, 3.63) is 41.5 Å². The minimum Gasteiger partial charge on any atom is -0.472 e. The minimum absolute atomic E-state index is 0.00240. The maximum absolute atomic E-state index is 17.2. The zero-order valence-corrected chi connectivity index (χ0v) is 28.7. The summed E-state index contributed by atoms with van der Waals surface area (Å²) in [5.74, 6) is -1.34. The van der Waals surface area contributed by atoms with Crippen LogP contribution in [-0.4, -0.2) is 84.0 Å². The van der Waals surface area contributed by atoms with Gasteiger partial charge in [0.2, 0.25) is 11.0 Å². The average molecular weight is 695 g/mol. The number of pyridine rings is 1. The molecular weight excluding hydrogens is 658 g/mol. The Hall–Kier alpha value is -4.66. The first kappa shape index (κ1) is 32.9. The van der Waals surface area contributed by atoms with Gasteiger partial charge in [0.25, 0.3) is 0 Å². The Morgan fingerprint density at radius 2 is 1.90 bits per heavy atom. The molecule has 0 spiro atoms. The molecule has 258 valence electrons. The number of aryl methyl sites for hydroxylation is 1. The van der Waals surface area contributed by atoms with E-state index in [1.54, 1.807) is 45.9 Å². The first-order valence-corrected chi connectivity index (χ1v) is 17.7. The van der Waals surface area contributed by atoms with E-state index in [0.29, 0.717) is 30.2 Å². The lowest BCUT2D eigenvalue weighted by Gasteiger charge is -2.47. The van der Waals surface area contributed by atoms with Crippen molar-refractivity contribution in [3.63, 3.8) is 0 Å². The summed E-state index contributed by atoms with van der Waals surface area (Å²) in [5.41, 5.74) is -0.642. The second-order valence-corrected chi connectivity index (χ2v) is 14.9. The molecule has 0 aliphatic carbocycles. The number of carbonyl (C=O) groups excluding carboxylic acids is 1. The molecule has 0 saturated carbocycles. The van der Waals surface area contributed by atoms with Crippen molar-refractivity contribution in [2.45, 2.75) is 88.9 Å². The summed E-state index contributed by atoms with van der Waals surface area (Å²) in [7, 11) is -1.72. The second-order valence-electron chi connectivity index (χ2n) is 13.6. The molecule has 2 saturated heterocycles. The number of aromatic nitrogens is 3.